The molecule has 0 unspecified atom stereocenters. The van der Waals surface area contributed by atoms with E-state index in [1.165, 1.54) is 11.8 Å². The number of aromatic nitrogens is 3. The van der Waals surface area contributed by atoms with Crippen LogP contribution >= 0.6 is 11.8 Å². The number of anilines is 1. The molecule has 9 heteroatoms. The fraction of sp³-hybridized carbons (Fsp3) is 0.154. The molecule has 176 valence electrons. The number of benzene rings is 3. The number of nitrogens with one attached hydrogen (secondary N) is 1. The van der Waals surface area contributed by atoms with Crippen LogP contribution < -0.4 is 14.8 Å². The normalized spacial score (nSPS) is 10.4. The van der Waals surface area contributed by atoms with Gasteiger partial charge in [-0.3, -0.25) is 9.36 Å². The van der Waals surface area contributed by atoms with E-state index in [1.807, 2.05) is 60.0 Å². The fourth-order valence-electron chi connectivity index (χ4n) is 3.41. The summed E-state index contributed by atoms with van der Waals surface area (Å²) in [6, 6.07) is 24.0. The zero-order chi connectivity index (χ0) is 24.6. The Morgan fingerprint density at radius 3 is 2.49 bits per heavy atom. The first-order valence-electron chi connectivity index (χ1n) is 10.9. The standard InChI is InChI=1S/C26H23N5O3S/c1-3-34-21-14-12-20(13-15-21)31-25(22-6-4-5-7-23(22)33-2)29-30-26(31)35-17-24(32)28-19-10-8-18(16-27)9-11-19/h4-15H,3,17H2,1-2H3,(H,28,32). The van der Waals surface area contributed by atoms with Gasteiger partial charge in [0.05, 0.1) is 42.4 Å². The van der Waals surface area contributed by atoms with Crippen LogP contribution in [0, 0.1) is 11.3 Å². The van der Waals surface area contributed by atoms with E-state index in [9.17, 15) is 4.79 Å². The van der Waals surface area contributed by atoms with Crippen molar-refractivity contribution in [3.05, 3.63) is 78.4 Å². The van der Waals surface area contributed by atoms with E-state index in [4.69, 9.17) is 14.7 Å². The average molecular weight is 486 g/mol. The Morgan fingerprint density at radius 1 is 1.06 bits per heavy atom. The maximum atomic E-state index is 12.6. The van der Waals surface area contributed by atoms with Gasteiger partial charge in [-0.1, -0.05) is 23.9 Å². The molecule has 3 aromatic carbocycles. The molecule has 4 rings (SSSR count). The van der Waals surface area contributed by atoms with Gasteiger partial charge in [-0.05, 0) is 67.6 Å². The first kappa shape index (κ1) is 23.9. The van der Waals surface area contributed by atoms with E-state index >= 15 is 0 Å². The summed E-state index contributed by atoms with van der Waals surface area (Å²) < 4.78 is 13.0. The highest BCUT2D eigenvalue weighted by atomic mass is 32.2. The number of hydrogen-bond acceptors (Lipinski definition) is 7. The maximum absolute atomic E-state index is 12.6. The average Bonchev–Trinajstić information content (AvgIpc) is 3.32. The molecule has 0 radical (unpaired) electrons. The summed E-state index contributed by atoms with van der Waals surface area (Å²) in [6.07, 6.45) is 0. The number of ether oxygens (including phenoxy) is 2. The molecule has 4 aromatic rings. The van der Waals surface area contributed by atoms with Crippen LogP contribution in [0.3, 0.4) is 0 Å². The molecule has 0 saturated heterocycles. The zero-order valence-electron chi connectivity index (χ0n) is 19.3. The van der Waals surface area contributed by atoms with Crippen LogP contribution in [-0.4, -0.2) is 40.1 Å². The number of nitriles is 1. The highest BCUT2D eigenvalue weighted by Gasteiger charge is 2.20. The molecule has 1 amide bonds. The van der Waals surface area contributed by atoms with Crippen molar-refractivity contribution >= 4 is 23.4 Å². The number of thioether (sulfide) groups is 1. The first-order chi connectivity index (χ1) is 17.1. The van der Waals surface area contributed by atoms with Crippen LogP contribution in [0.15, 0.2) is 78.0 Å². The summed E-state index contributed by atoms with van der Waals surface area (Å²) in [6.45, 7) is 2.51. The van der Waals surface area contributed by atoms with Crippen molar-refractivity contribution in [1.29, 1.82) is 5.26 Å². The van der Waals surface area contributed by atoms with E-state index < -0.39 is 0 Å². The third kappa shape index (κ3) is 5.62. The molecule has 0 atom stereocenters. The van der Waals surface area contributed by atoms with Crippen LogP contribution in [0.4, 0.5) is 5.69 Å². The maximum Gasteiger partial charge on any atom is 0.234 e. The Labute approximate surface area is 207 Å². The zero-order valence-corrected chi connectivity index (χ0v) is 20.1. The van der Waals surface area contributed by atoms with Gasteiger partial charge in [0.1, 0.15) is 11.5 Å². The van der Waals surface area contributed by atoms with E-state index in [0.717, 1.165) is 17.0 Å². The summed E-state index contributed by atoms with van der Waals surface area (Å²) in [7, 11) is 1.61. The summed E-state index contributed by atoms with van der Waals surface area (Å²) >= 11 is 1.27. The van der Waals surface area contributed by atoms with E-state index in [-0.39, 0.29) is 11.7 Å². The van der Waals surface area contributed by atoms with Crippen molar-refractivity contribution in [2.75, 3.05) is 24.8 Å². The third-order valence-corrected chi connectivity index (χ3v) is 5.95. The Kier molecular flexibility index (Phi) is 7.65. The van der Waals surface area contributed by atoms with Crippen LogP contribution in [0.2, 0.25) is 0 Å². The summed E-state index contributed by atoms with van der Waals surface area (Å²) in [4.78, 5) is 12.6. The number of hydrogen-bond donors (Lipinski definition) is 1. The monoisotopic (exact) mass is 485 g/mol. The van der Waals surface area contributed by atoms with Gasteiger partial charge in [-0.2, -0.15) is 5.26 Å². The lowest BCUT2D eigenvalue weighted by Crippen LogP contribution is -2.14. The SMILES string of the molecule is CCOc1ccc(-n2c(SCC(=O)Nc3ccc(C#N)cc3)nnc2-c2ccccc2OC)cc1. The Morgan fingerprint density at radius 2 is 1.80 bits per heavy atom. The minimum absolute atomic E-state index is 0.126. The highest BCUT2D eigenvalue weighted by molar-refractivity contribution is 7.99. The summed E-state index contributed by atoms with van der Waals surface area (Å²) in [5.74, 6) is 1.96. The highest BCUT2D eigenvalue weighted by Crippen LogP contribution is 2.33. The molecule has 1 heterocycles. The number of methoxy groups -OCH3 is 1. The van der Waals surface area contributed by atoms with Crippen molar-refractivity contribution in [2.45, 2.75) is 12.1 Å². The van der Waals surface area contributed by atoms with Crippen LogP contribution in [0.5, 0.6) is 11.5 Å². The second kappa shape index (κ2) is 11.2. The minimum atomic E-state index is -0.195. The van der Waals surface area contributed by atoms with Crippen molar-refractivity contribution in [1.82, 2.24) is 14.8 Å². The molecule has 0 fully saturated rings. The Hall–Kier alpha value is -4.29. The molecule has 0 aliphatic rings. The summed E-state index contributed by atoms with van der Waals surface area (Å²) in [5.41, 5.74) is 2.77. The predicted molar refractivity (Wildman–Crippen MR) is 135 cm³/mol. The molecule has 0 saturated carbocycles. The molecule has 1 N–H and O–H groups in total. The molecule has 0 aliphatic carbocycles. The smallest absolute Gasteiger partial charge is 0.234 e. The van der Waals surface area contributed by atoms with E-state index in [1.54, 1.807) is 31.4 Å². The van der Waals surface area contributed by atoms with Crippen LogP contribution in [0.1, 0.15) is 12.5 Å². The second-order valence-electron chi connectivity index (χ2n) is 7.29. The van der Waals surface area contributed by atoms with Crippen molar-refractivity contribution in [2.24, 2.45) is 0 Å². The second-order valence-corrected chi connectivity index (χ2v) is 8.24. The van der Waals surface area contributed by atoms with Crippen LogP contribution in [0.25, 0.3) is 17.1 Å². The first-order valence-corrected chi connectivity index (χ1v) is 11.9. The Bertz CT molecular complexity index is 1340. The van der Waals surface area contributed by atoms with Gasteiger partial charge in [-0.25, -0.2) is 0 Å². The van der Waals surface area contributed by atoms with E-state index in [0.29, 0.717) is 34.6 Å². The fourth-order valence-corrected chi connectivity index (χ4v) is 4.17. The van der Waals surface area contributed by atoms with Crippen molar-refractivity contribution in [3.63, 3.8) is 0 Å². The molecule has 1 aromatic heterocycles. The number of nitrogens with zero attached hydrogens (tertiary/aromatic N) is 4. The number of amides is 1. The molecule has 0 spiro atoms. The molecule has 0 bridgehead atoms. The lowest BCUT2D eigenvalue weighted by molar-refractivity contribution is -0.113. The quantitative estimate of drug-likeness (QED) is 0.335. The largest absolute Gasteiger partial charge is 0.496 e. The third-order valence-electron chi connectivity index (χ3n) is 5.02. The van der Waals surface area contributed by atoms with Gasteiger partial charge < -0.3 is 14.8 Å². The van der Waals surface area contributed by atoms with Gasteiger partial charge in [0.2, 0.25) is 5.91 Å². The Balaban J connectivity index is 1.61. The molecule has 35 heavy (non-hydrogen) atoms. The lowest BCUT2D eigenvalue weighted by Gasteiger charge is -2.13. The van der Waals surface area contributed by atoms with Gasteiger partial charge in [0, 0.05) is 5.69 Å². The number of para-hydroxylation sites is 1. The van der Waals surface area contributed by atoms with Crippen molar-refractivity contribution in [3.8, 4) is 34.6 Å². The topological polar surface area (TPSA) is 102 Å². The van der Waals surface area contributed by atoms with Gasteiger partial charge in [-0.15, -0.1) is 10.2 Å². The minimum Gasteiger partial charge on any atom is -0.496 e. The molecular formula is C26H23N5O3S. The molecular weight excluding hydrogens is 462 g/mol. The van der Waals surface area contributed by atoms with Gasteiger partial charge in [0.15, 0.2) is 11.0 Å². The van der Waals surface area contributed by atoms with Crippen LogP contribution in [-0.2, 0) is 4.79 Å². The number of carbonyl (C=O) groups excluding carboxylic acids is 1. The van der Waals surface area contributed by atoms with Gasteiger partial charge >= 0.3 is 0 Å². The number of rotatable bonds is 9. The van der Waals surface area contributed by atoms with E-state index in [2.05, 4.69) is 21.6 Å². The van der Waals surface area contributed by atoms with Crippen molar-refractivity contribution < 1.29 is 14.3 Å². The number of carbonyl (C=O) groups is 1. The molecule has 8 nitrogen and oxygen atoms in total. The predicted octanol–water partition coefficient (Wildman–Crippen LogP) is 4.94. The molecule has 0 aliphatic heterocycles. The lowest BCUT2D eigenvalue weighted by atomic mass is 10.2. The summed E-state index contributed by atoms with van der Waals surface area (Å²) in [5, 5.41) is 21.1. The van der Waals surface area contributed by atoms with Gasteiger partial charge in [0.25, 0.3) is 0 Å².